The summed E-state index contributed by atoms with van der Waals surface area (Å²) >= 11 is 0. The van der Waals surface area contributed by atoms with E-state index in [9.17, 15) is 4.79 Å². The number of halogens is 1. The van der Waals surface area contributed by atoms with Crippen LogP contribution in [-0.4, -0.2) is 44.1 Å². The van der Waals surface area contributed by atoms with Crippen LogP contribution in [0.2, 0.25) is 0 Å². The number of hydrogen-bond acceptors (Lipinski definition) is 4. The van der Waals surface area contributed by atoms with E-state index in [2.05, 4.69) is 5.32 Å². The maximum atomic E-state index is 12.9. The quantitative estimate of drug-likeness (QED) is 0.931. The molecular formula is C17H23ClN2O3. The molecule has 1 atom stereocenters. The number of amides is 1. The minimum atomic E-state index is -0.0387. The van der Waals surface area contributed by atoms with Crippen LogP contribution >= 0.6 is 12.4 Å². The number of furan rings is 1. The van der Waals surface area contributed by atoms with Crippen molar-refractivity contribution in [2.45, 2.75) is 25.5 Å². The molecule has 1 fully saturated rings. The number of likely N-dealkylation sites (N-methyl/N-ethyl adjacent to an activating group) is 1. The Hall–Kier alpha value is -1.56. The number of methoxy groups -OCH3 is 1. The molecular weight excluding hydrogens is 316 g/mol. The predicted molar refractivity (Wildman–Crippen MR) is 92.2 cm³/mol. The number of fused-ring (bicyclic) bond motifs is 1. The van der Waals surface area contributed by atoms with Gasteiger partial charge in [0.15, 0.2) is 5.76 Å². The highest BCUT2D eigenvalue weighted by Gasteiger charge is 2.28. The van der Waals surface area contributed by atoms with Crippen molar-refractivity contribution < 1.29 is 13.9 Å². The summed E-state index contributed by atoms with van der Waals surface area (Å²) in [5.74, 6) is 0.378. The third-order valence-electron chi connectivity index (χ3n) is 4.30. The van der Waals surface area contributed by atoms with Gasteiger partial charge >= 0.3 is 0 Å². The number of nitrogens with one attached hydrogen (secondary N) is 1. The van der Waals surface area contributed by atoms with E-state index in [1.165, 1.54) is 0 Å². The normalized spacial score (nSPS) is 18.0. The Bertz CT molecular complexity index is 671. The monoisotopic (exact) mass is 338 g/mol. The highest BCUT2D eigenvalue weighted by Crippen LogP contribution is 2.28. The second kappa shape index (κ2) is 7.81. The van der Waals surface area contributed by atoms with E-state index in [-0.39, 0.29) is 18.3 Å². The third kappa shape index (κ3) is 3.52. The van der Waals surface area contributed by atoms with Crippen molar-refractivity contribution in [3.63, 3.8) is 0 Å². The molecule has 2 aromatic rings. The number of likely N-dealkylation sites (tertiary alicyclic amines) is 1. The molecule has 1 aliphatic rings. The summed E-state index contributed by atoms with van der Waals surface area (Å²) in [6.07, 6.45) is 2.11. The topological polar surface area (TPSA) is 54.7 Å². The zero-order chi connectivity index (χ0) is 15.5. The first-order chi connectivity index (χ1) is 10.7. The van der Waals surface area contributed by atoms with E-state index in [4.69, 9.17) is 9.15 Å². The van der Waals surface area contributed by atoms with Gasteiger partial charge in [-0.15, -0.1) is 12.4 Å². The van der Waals surface area contributed by atoms with Gasteiger partial charge in [-0.25, -0.2) is 0 Å². The Morgan fingerprint density at radius 3 is 2.96 bits per heavy atom. The van der Waals surface area contributed by atoms with Crippen LogP contribution in [-0.2, 0) is 11.3 Å². The average Bonchev–Trinajstić information content (AvgIpc) is 2.93. The molecule has 1 N–H and O–H groups in total. The minimum Gasteiger partial charge on any atom is -0.451 e. The van der Waals surface area contributed by atoms with E-state index in [0.29, 0.717) is 18.4 Å². The van der Waals surface area contributed by atoms with E-state index < -0.39 is 0 Å². The molecule has 1 amide bonds. The fourth-order valence-electron chi connectivity index (χ4n) is 3.10. The Balaban J connectivity index is 0.00000192. The molecule has 0 spiro atoms. The first-order valence-corrected chi connectivity index (χ1v) is 7.70. The van der Waals surface area contributed by atoms with Crippen LogP contribution in [0.3, 0.4) is 0 Å². The number of rotatable bonds is 4. The molecule has 6 heteroatoms. The summed E-state index contributed by atoms with van der Waals surface area (Å²) in [4.78, 5) is 14.8. The van der Waals surface area contributed by atoms with Crippen molar-refractivity contribution in [3.8, 4) is 0 Å². The lowest BCUT2D eigenvalue weighted by Crippen LogP contribution is -2.47. The molecule has 1 unspecified atom stereocenters. The first-order valence-electron chi connectivity index (χ1n) is 7.70. The third-order valence-corrected chi connectivity index (χ3v) is 4.30. The van der Waals surface area contributed by atoms with Gasteiger partial charge in [0.05, 0.1) is 6.61 Å². The molecule has 23 heavy (non-hydrogen) atoms. The minimum absolute atomic E-state index is 0. The summed E-state index contributed by atoms with van der Waals surface area (Å²) in [5.41, 5.74) is 1.58. The second-order valence-corrected chi connectivity index (χ2v) is 5.72. The van der Waals surface area contributed by atoms with Crippen molar-refractivity contribution in [1.29, 1.82) is 0 Å². The lowest BCUT2D eigenvalue weighted by Gasteiger charge is -2.32. The van der Waals surface area contributed by atoms with E-state index in [1.54, 1.807) is 7.11 Å². The zero-order valence-electron chi connectivity index (χ0n) is 13.5. The Labute approximate surface area is 142 Å². The van der Waals surface area contributed by atoms with Gasteiger partial charge in [-0.3, -0.25) is 4.79 Å². The Morgan fingerprint density at radius 2 is 2.22 bits per heavy atom. The molecule has 1 aromatic heterocycles. The van der Waals surface area contributed by atoms with Crippen LogP contribution in [0, 0.1) is 0 Å². The summed E-state index contributed by atoms with van der Waals surface area (Å²) < 4.78 is 11.1. The maximum absolute atomic E-state index is 12.9. The number of carbonyl (C=O) groups excluding carboxylic acids is 1. The standard InChI is InChI=1S/C17H22N2O3.ClH/c1-18-12-6-5-9-19(10-12)17(20)16-14(11-21-2)13-7-3-4-8-15(13)22-16;/h3-4,7-8,12,18H,5-6,9-11H2,1-2H3;1H. The van der Waals surface area contributed by atoms with E-state index in [0.717, 1.165) is 42.5 Å². The number of benzene rings is 1. The molecule has 0 saturated carbocycles. The molecule has 2 heterocycles. The van der Waals surface area contributed by atoms with Crippen LogP contribution in [0.25, 0.3) is 11.0 Å². The highest BCUT2D eigenvalue weighted by molar-refractivity contribution is 5.99. The lowest BCUT2D eigenvalue weighted by molar-refractivity contribution is 0.0662. The van der Waals surface area contributed by atoms with Crippen LogP contribution in [0.4, 0.5) is 0 Å². The molecule has 5 nitrogen and oxygen atoms in total. The number of carbonyl (C=O) groups is 1. The van der Waals surface area contributed by atoms with Crippen LogP contribution < -0.4 is 5.32 Å². The SMILES string of the molecule is CNC1CCCN(C(=O)c2oc3ccccc3c2COC)C1.Cl. The van der Waals surface area contributed by atoms with Gasteiger partial charge in [0.25, 0.3) is 5.91 Å². The number of piperidine rings is 1. The van der Waals surface area contributed by atoms with Crippen molar-refractivity contribution in [2.24, 2.45) is 0 Å². The smallest absolute Gasteiger partial charge is 0.290 e. The fourth-order valence-corrected chi connectivity index (χ4v) is 3.10. The van der Waals surface area contributed by atoms with Crippen molar-refractivity contribution in [3.05, 3.63) is 35.6 Å². The molecule has 126 valence electrons. The van der Waals surface area contributed by atoms with Gasteiger partial charge in [0.1, 0.15) is 5.58 Å². The molecule has 1 aliphatic heterocycles. The number of hydrogen-bond donors (Lipinski definition) is 1. The average molecular weight is 339 g/mol. The summed E-state index contributed by atoms with van der Waals surface area (Å²) in [7, 11) is 3.57. The summed E-state index contributed by atoms with van der Waals surface area (Å²) in [6.45, 7) is 1.88. The van der Waals surface area contributed by atoms with Crippen LogP contribution in [0.5, 0.6) is 0 Å². The zero-order valence-corrected chi connectivity index (χ0v) is 14.3. The van der Waals surface area contributed by atoms with Gasteiger partial charge in [0, 0.05) is 37.2 Å². The van der Waals surface area contributed by atoms with E-state index >= 15 is 0 Å². The molecule has 0 bridgehead atoms. The van der Waals surface area contributed by atoms with Crippen LogP contribution in [0.15, 0.2) is 28.7 Å². The second-order valence-electron chi connectivity index (χ2n) is 5.72. The fraction of sp³-hybridized carbons (Fsp3) is 0.471. The maximum Gasteiger partial charge on any atom is 0.290 e. The molecule has 0 aliphatic carbocycles. The largest absolute Gasteiger partial charge is 0.451 e. The first kappa shape index (κ1) is 17.8. The summed E-state index contributed by atoms with van der Waals surface area (Å²) in [6, 6.07) is 8.07. The van der Waals surface area contributed by atoms with Gasteiger partial charge in [-0.05, 0) is 26.0 Å². The van der Waals surface area contributed by atoms with Gasteiger partial charge in [-0.2, -0.15) is 0 Å². The Morgan fingerprint density at radius 1 is 1.43 bits per heavy atom. The van der Waals surface area contributed by atoms with Crippen molar-refractivity contribution in [1.82, 2.24) is 10.2 Å². The molecule has 1 saturated heterocycles. The summed E-state index contributed by atoms with van der Waals surface area (Å²) in [5, 5.41) is 4.21. The number of ether oxygens (including phenoxy) is 1. The van der Waals surface area contributed by atoms with E-state index in [1.807, 2.05) is 36.2 Å². The molecule has 0 radical (unpaired) electrons. The van der Waals surface area contributed by atoms with Crippen molar-refractivity contribution >= 4 is 29.3 Å². The van der Waals surface area contributed by atoms with Crippen LogP contribution in [0.1, 0.15) is 29.0 Å². The van der Waals surface area contributed by atoms with Gasteiger partial charge in [0.2, 0.25) is 0 Å². The number of nitrogens with zero attached hydrogens (tertiary/aromatic N) is 1. The molecule has 3 rings (SSSR count). The number of para-hydroxylation sites is 1. The van der Waals surface area contributed by atoms with Gasteiger partial charge < -0.3 is 19.4 Å². The lowest BCUT2D eigenvalue weighted by atomic mass is 10.0. The molecule has 1 aromatic carbocycles. The highest BCUT2D eigenvalue weighted by atomic mass is 35.5. The van der Waals surface area contributed by atoms with Gasteiger partial charge in [-0.1, -0.05) is 18.2 Å². The van der Waals surface area contributed by atoms with Crippen molar-refractivity contribution in [2.75, 3.05) is 27.2 Å². The predicted octanol–water partition coefficient (Wildman–Crippen LogP) is 2.83. The Kier molecular flexibility index (Phi) is 6.04.